The molecule has 0 fully saturated rings. The Hall–Kier alpha value is -3.22. The number of pyridine rings is 1. The Morgan fingerprint density at radius 2 is 2.00 bits per heavy atom. The SMILES string of the molecule is COc1ccc(CC2=NN=C(N)/C2=N/Nc2cccnc2)cc1. The average molecular weight is 308 g/mol. The molecule has 1 aliphatic heterocycles. The molecule has 0 amide bonds. The number of nitrogens with one attached hydrogen (secondary N) is 1. The number of amidine groups is 1. The van der Waals surface area contributed by atoms with E-state index in [2.05, 4.69) is 25.7 Å². The van der Waals surface area contributed by atoms with Gasteiger partial charge in [-0.3, -0.25) is 10.4 Å². The maximum Gasteiger partial charge on any atom is 0.175 e. The lowest BCUT2D eigenvalue weighted by atomic mass is 10.1. The van der Waals surface area contributed by atoms with Crippen LogP contribution in [0.2, 0.25) is 0 Å². The highest BCUT2D eigenvalue weighted by molar-refractivity contribution is 6.69. The van der Waals surface area contributed by atoms with Crippen molar-refractivity contribution in [2.24, 2.45) is 21.0 Å². The van der Waals surface area contributed by atoms with Crippen LogP contribution in [-0.4, -0.2) is 29.4 Å². The van der Waals surface area contributed by atoms with Crippen LogP contribution in [0, 0.1) is 0 Å². The van der Waals surface area contributed by atoms with Crippen molar-refractivity contribution in [2.75, 3.05) is 12.5 Å². The van der Waals surface area contributed by atoms with Crippen molar-refractivity contribution in [2.45, 2.75) is 6.42 Å². The van der Waals surface area contributed by atoms with Gasteiger partial charge in [0, 0.05) is 12.6 Å². The highest BCUT2D eigenvalue weighted by Gasteiger charge is 2.20. The van der Waals surface area contributed by atoms with Crippen molar-refractivity contribution in [3.8, 4) is 5.75 Å². The molecule has 0 bridgehead atoms. The summed E-state index contributed by atoms with van der Waals surface area (Å²) in [6, 6.07) is 11.4. The van der Waals surface area contributed by atoms with E-state index in [0.717, 1.165) is 17.0 Å². The van der Waals surface area contributed by atoms with Gasteiger partial charge in [0.25, 0.3) is 0 Å². The van der Waals surface area contributed by atoms with Crippen molar-refractivity contribution in [3.05, 3.63) is 54.4 Å². The van der Waals surface area contributed by atoms with E-state index in [1.54, 1.807) is 19.5 Å². The molecule has 23 heavy (non-hydrogen) atoms. The molecule has 0 saturated carbocycles. The van der Waals surface area contributed by atoms with Crippen molar-refractivity contribution in [1.29, 1.82) is 0 Å². The Balaban J connectivity index is 1.73. The quantitative estimate of drug-likeness (QED) is 0.823. The van der Waals surface area contributed by atoms with E-state index in [1.807, 2.05) is 36.4 Å². The van der Waals surface area contributed by atoms with Crippen molar-refractivity contribution < 1.29 is 4.74 Å². The monoisotopic (exact) mass is 308 g/mol. The van der Waals surface area contributed by atoms with Crippen LogP contribution in [0.3, 0.4) is 0 Å². The molecule has 1 aromatic heterocycles. The predicted octanol–water partition coefficient (Wildman–Crippen LogP) is 1.83. The summed E-state index contributed by atoms with van der Waals surface area (Å²) < 4.78 is 5.15. The van der Waals surface area contributed by atoms with Gasteiger partial charge in [0.05, 0.1) is 24.7 Å². The zero-order valence-corrected chi connectivity index (χ0v) is 12.6. The molecular weight excluding hydrogens is 292 g/mol. The number of benzene rings is 1. The van der Waals surface area contributed by atoms with Crippen molar-refractivity contribution in [3.63, 3.8) is 0 Å². The molecule has 3 rings (SSSR count). The topological polar surface area (TPSA) is 97.2 Å². The van der Waals surface area contributed by atoms with E-state index in [-0.39, 0.29) is 0 Å². The second-order valence-corrected chi connectivity index (χ2v) is 4.87. The minimum Gasteiger partial charge on any atom is -0.497 e. The molecule has 0 spiro atoms. The molecule has 116 valence electrons. The second kappa shape index (κ2) is 6.69. The minimum atomic E-state index is 0.296. The van der Waals surface area contributed by atoms with Crippen LogP contribution < -0.4 is 15.9 Å². The van der Waals surface area contributed by atoms with E-state index in [4.69, 9.17) is 10.5 Å². The van der Waals surface area contributed by atoms with Crippen LogP contribution in [0.1, 0.15) is 5.56 Å². The molecule has 1 aliphatic rings. The fourth-order valence-corrected chi connectivity index (χ4v) is 2.08. The van der Waals surface area contributed by atoms with Crippen LogP contribution >= 0.6 is 0 Å². The molecule has 0 saturated heterocycles. The lowest BCUT2D eigenvalue weighted by Gasteiger charge is -2.06. The summed E-state index contributed by atoms with van der Waals surface area (Å²) in [6.07, 6.45) is 3.95. The van der Waals surface area contributed by atoms with Gasteiger partial charge in [0.1, 0.15) is 5.75 Å². The maximum absolute atomic E-state index is 5.86. The van der Waals surface area contributed by atoms with Crippen LogP contribution in [0.5, 0.6) is 5.75 Å². The number of nitrogens with two attached hydrogens (primary N) is 1. The summed E-state index contributed by atoms with van der Waals surface area (Å²) in [6.45, 7) is 0. The second-order valence-electron chi connectivity index (χ2n) is 4.87. The summed E-state index contributed by atoms with van der Waals surface area (Å²) in [4.78, 5) is 4.02. The van der Waals surface area contributed by atoms with E-state index in [0.29, 0.717) is 23.7 Å². The van der Waals surface area contributed by atoms with Crippen molar-refractivity contribution >= 4 is 22.9 Å². The van der Waals surface area contributed by atoms with Crippen LogP contribution in [0.25, 0.3) is 0 Å². The van der Waals surface area contributed by atoms with Gasteiger partial charge in [-0.2, -0.15) is 10.2 Å². The molecule has 2 heterocycles. The number of nitrogens with zero attached hydrogens (tertiary/aromatic N) is 4. The molecule has 0 aliphatic carbocycles. The summed E-state index contributed by atoms with van der Waals surface area (Å²) in [7, 11) is 1.64. The van der Waals surface area contributed by atoms with Crippen LogP contribution in [0.4, 0.5) is 5.69 Å². The van der Waals surface area contributed by atoms with E-state index >= 15 is 0 Å². The van der Waals surface area contributed by atoms with Gasteiger partial charge in [-0.15, -0.1) is 5.10 Å². The number of aromatic nitrogens is 1. The van der Waals surface area contributed by atoms with Gasteiger partial charge in [0.15, 0.2) is 11.5 Å². The lowest BCUT2D eigenvalue weighted by molar-refractivity contribution is 0.414. The zero-order valence-electron chi connectivity index (χ0n) is 12.6. The highest BCUT2D eigenvalue weighted by atomic mass is 16.5. The molecule has 1 aromatic carbocycles. The van der Waals surface area contributed by atoms with Gasteiger partial charge in [-0.1, -0.05) is 12.1 Å². The fourth-order valence-electron chi connectivity index (χ4n) is 2.08. The normalized spacial score (nSPS) is 15.3. The molecule has 7 heteroatoms. The predicted molar refractivity (Wildman–Crippen MR) is 91.1 cm³/mol. The Bertz CT molecular complexity index is 765. The first-order valence-electron chi connectivity index (χ1n) is 7.03. The summed E-state index contributed by atoms with van der Waals surface area (Å²) in [5, 5.41) is 12.3. The third kappa shape index (κ3) is 3.52. The summed E-state index contributed by atoms with van der Waals surface area (Å²) >= 11 is 0. The first-order valence-corrected chi connectivity index (χ1v) is 7.03. The minimum absolute atomic E-state index is 0.296. The summed E-state index contributed by atoms with van der Waals surface area (Å²) in [5.41, 5.74) is 11.9. The first kappa shape index (κ1) is 14.7. The molecule has 2 aromatic rings. The first-order chi connectivity index (χ1) is 11.3. The van der Waals surface area contributed by atoms with E-state index < -0.39 is 0 Å². The molecular formula is C16H16N6O. The molecule has 0 radical (unpaired) electrons. The Morgan fingerprint density at radius 1 is 1.17 bits per heavy atom. The number of methoxy groups -OCH3 is 1. The van der Waals surface area contributed by atoms with Crippen LogP contribution in [0.15, 0.2) is 64.1 Å². The third-order valence-corrected chi connectivity index (χ3v) is 3.28. The number of hydrazone groups is 1. The van der Waals surface area contributed by atoms with E-state index in [1.165, 1.54) is 0 Å². The largest absolute Gasteiger partial charge is 0.497 e. The van der Waals surface area contributed by atoms with Gasteiger partial charge in [0.2, 0.25) is 0 Å². The van der Waals surface area contributed by atoms with Gasteiger partial charge in [-0.05, 0) is 29.8 Å². The number of hydrogen-bond donors (Lipinski definition) is 2. The van der Waals surface area contributed by atoms with Gasteiger partial charge >= 0.3 is 0 Å². The number of hydrogen-bond acceptors (Lipinski definition) is 7. The number of ether oxygens (including phenoxy) is 1. The number of anilines is 1. The standard InChI is InChI=1S/C16H16N6O/c1-23-13-6-4-11(5-7-13)9-14-15(16(17)22-20-14)21-19-12-3-2-8-18-10-12/h2-8,10,19H,9H2,1H3,(H2,17,21,22). The van der Waals surface area contributed by atoms with Crippen molar-refractivity contribution in [1.82, 2.24) is 4.98 Å². The maximum atomic E-state index is 5.86. The van der Waals surface area contributed by atoms with Crippen LogP contribution in [-0.2, 0) is 6.42 Å². The molecule has 0 atom stereocenters. The Kier molecular flexibility index (Phi) is 4.28. The molecule has 0 unspecified atom stereocenters. The fraction of sp³-hybridized carbons (Fsp3) is 0.125. The molecule has 3 N–H and O–H groups in total. The molecule has 7 nitrogen and oxygen atoms in total. The van der Waals surface area contributed by atoms with Gasteiger partial charge in [-0.25, -0.2) is 0 Å². The number of rotatable bonds is 5. The van der Waals surface area contributed by atoms with Gasteiger partial charge < -0.3 is 10.5 Å². The van der Waals surface area contributed by atoms with E-state index in [9.17, 15) is 0 Å². The average Bonchev–Trinajstić information content (AvgIpc) is 2.94. The summed E-state index contributed by atoms with van der Waals surface area (Å²) in [5.74, 6) is 1.11. The third-order valence-electron chi connectivity index (χ3n) is 3.28. The smallest absolute Gasteiger partial charge is 0.175 e. The Morgan fingerprint density at radius 3 is 2.70 bits per heavy atom. The highest BCUT2D eigenvalue weighted by Crippen LogP contribution is 2.14. The lowest BCUT2D eigenvalue weighted by Crippen LogP contribution is -2.29. The Labute approximate surface area is 133 Å². The zero-order chi connectivity index (χ0) is 16.1.